The minimum Gasteiger partial charge on any atom is -0.481 e. The first kappa shape index (κ1) is 16.9. The van der Waals surface area contributed by atoms with Gasteiger partial charge >= 0.3 is 0 Å². The van der Waals surface area contributed by atoms with Crippen LogP contribution in [0.15, 0.2) is 18.3 Å². The Kier molecular flexibility index (Phi) is 6.14. The molecule has 0 spiro atoms. The average Bonchev–Trinajstić information content (AvgIpc) is 2.44. The Morgan fingerprint density at radius 3 is 2.48 bits per heavy atom. The van der Waals surface area contributed by atoms with Crippen LogP contribution in [-0.2, 0) is 16.1 Å². The first-order valence-electron chi connectivity index (χ1n) is 6.87. The van der Waals surface area contributed by atoms with Gasteiger partial charge < -0.3 is 15.4 Å². The molecule has 1 rings (SSSR count). The number of pyridine rings is 1. The fourth-order valence-corrected chi connectivity index (χ4v) is 1.48. The molecule has 0 saturated heterocycles. The summed E-state index contributed by atoms with van der Waals surface area (Å²) >= 11 is 0. The highest BCUT2D eigenvalue weighted by atomic mass is 16.5. The molecule has 2 amide bonds. The van der Waals surface area contributed by atoms with Crippen molar-refractivity contribution in [2.75, 3.05) is 13.7 Å². The summed E-state index contributed by atoms with van der Waals surface area (Å²) in [5.74, 6) is 0.365. The second-order valence-corrected chi connectivity index (χ2v) is 5.74. The molecule has 0 unspecified atom stereocenters. The number of carbonyl (C=O) groups excluding carboxylic acids is 2. The zero-order chi connectivity index (χ0) is 15.9. The van der Waals surface area contributed by atoms with E-state index in [1.807, 2.05) is 26.8 Å². The van der Waals surface area contributed by atoms with Crippen LogP contribution in [0.5, 0.6) is 5.88 Å². The lowest BCUT2D eigenvalue weighted by atomic mass is 9.96. The van der Waals surface area contributed by atoms with E-state index in [1.165, 1.54) is 0 Å². The SMILES string of the molecule is COc1ccc(CNC(=O)CCNC(=O)C(C)(C)C)cn1. The summed E-state index contributed by atoms with van der Waals surface area (Å²) in [5.41, 5.74) is 0.452. The van der Waals surface area contributed by atoms with Crippen LogP contribution in [0.2, 0.25) is 0 Å². The van der Waals surface area contributed by atoms with Crippen molar-refractivity contribution in [1.29, 1.82) is 0 Å². The van der Waals surface area contributed by atoms with Crippen LogP contribution in [0, 0.1) is 5.41 Å². The first-order valence-corrected chi connectivity index (χ1v) is 6.87. The molecule has 0 saturated carbocycles. The van der Waals surface area contributed by atoms with Crippen LogP contribution >= 0.6 is 0 Å². The number of rotatable bonds is 6. The topological polar surface area (TPSA) is 80.3 Å². The van der Waals surface area contributed by atoms with Crippen molar-refractivity contribution >= 4 is 11.8 Å². The van der Waals surface area contributed by atoms with Crippen LogP contribution < -0.4 is 15.4 Å². The number of methoxy groups -OCH3 is 1. The smallest absolute Gasteiger partial charge is 0.225 e. The summed E-state index contributed by atoms with van der Waals surface area (Å²) in [6, 6.07) is 3.58. The molecule has 0 fully saturated rings. The number of nitrogens with one attached hydrogen (secondary N) is 2. The van der Waals surface area contributed by atoms with Gasteiger partial charge in [-0.05, 0) is 5.56 Å². The Bertz CT molecular complexity index is 478. The van der Waals surface area contributed by atoms with Crippen LogP contribution in [-0.4, -0.2) is 30.5 Å². The molecule has 0 aromatic carbocycles. The van der Waals surface area contributed by atoms with Crippen molar-refractivity contribution in [3.05, 3.63) is 23.9 Å². The van der Waals surface area contributed by atoms with Crippen molar-refractivity contribution in [3.8, 4) is 5.88 Å². The van der Waals surface area contributed by atoms with Gasteiger partial charge in [-0.15, -0.1) is 0 Å². The highest BCUT2D eigenvalue weighted by Crippen LogP contribution is 2.12. The van der Waals surface area contributed by atoms with Gasteiger partial charge in [0.05, 0.1) is 7.11 Å². The third-order valence-electron chi connectivity index (χ3n) is 2.82. The number of ether oxygens (including phenoxy) is 1. The lowest BCUT2D eigenvalue weighted by Crippen LogP contribution is -2.37. The lowest BCUT2D eigenvalue weighted by Gasteiger charge is -2.17. The van der Waals surface area contributed by atoms with Gasteiger partial charge in [0.15, 0.2) is 0 Å². The summed E-state index contributed by atoms with van der Waals surface area (Å²) < 4.78 is 4.96. The molecule has 21 heavy (non-hydrogen) atoms. The van der Waals surface area contributed by atoms with Crippen molar-refractivity contribution in [1.82, 2.24) is 15.6 Å². The number of amides is 2. The predicted molar refractivity (Wildman–Crippen MR) is 79.7 cm³/mol. The summed E-state index contributed by atoms with van der Waals surface area (Å²) in [5, 5.41) is 5.52. The monoisotopic (exact) mass is 293 g/mol. The van der Waals surface area contributed by atoms with Gasteiger partial charge in [0.1, 0.15) is 0 Å². The Labute approximate surface area is 125 Å². The van der Waals surface area contributed by atoms with Crippen LogP contribution in [0.1, 0.15) is 32.8 Å². The van der Waals surface area contributed by atoms with Gasteiger partial charge in [-0.3, -0.25) is 9.59 Å². The number of carbonyl (C=O) groups is 2. The third kappa shape index (κ3) is 6.25. The molecule has 0 aliphatic rings. The molecule has 0 aliphatic heterocycles. The second-order valence-electron chi connectivity index (χ2n) is 5.74. The van der Waals surface area contributed by atoms with Gasteiger partial charge in [0, 0.05) is 37.2 Å². The molecule has 0 radical (unpaired) electrons. The van der Waals surface area contributed by atoms with Gasteiger partial charge in [-0.25, -0.2) is 4.98 Å². The average molecular weight is 293 g/mol. The van der Waals surface area contributed by atoms with Crippen molar-refractivity contribution in [2.45, 2.75) is 33.7 Å². The van der Waals surface area contributed by atoms with E-state index in [0.717, 1.165) is 5.56 Å². The highest BCUT2D eigenvalue weighted by molar-refractivity contribution is 5.82. The number of hydrogen-bond acceptors (Lipinski definition) is 4. The standard InChI is InChI=1S/C15H23N3O3/c1-15(2,3)14(20)16-8-7-12(19)17-9-11-5-6-13(21-4)18-10-11/h5-6,10H,7-9H2,1-4H3,(H,16,20)(H,17,19). The molecule has 1 aromatic heterocycles. The van der Waals surface area contributed by atoms with Crippen molar-refractivity contribution < 1.29 is 14.3 Å². The summed E-state index contributed by atoms with van der Waals surface area (Å²) in [6.45, 7) is 6.24. The Morgan fingerprint density at radius 2 is 1.95 bits per heavy atom. The molecule has 0 atom stereocenters. The molecular weight excluding hydrogens is 270 g/mol. The fraction of sp³-hybridized carbons (Fsp3) is 0.533. The van der Waals surface area contributed by atoms with Crippen molar-refractivity contribution in [2.24, 2.45) is 5.41 Å². The molecule has 2 N–H and O–H groups in total. The number of aromatic nitrogens is 1. The highest BCUT2D eigenvalue weighted by Gasteiger charge is 2.20. The van der Waals surface area contributed by atoms with Crippen LogP contribution in [0.25, 0.3) is 0 Å². The van der Waals surface area contributed by atoms with E-state index in [2.05, 4.69) is 15.6 Å². The van der Waals surface area contributed by atoms with Crippen LogP contribution in [0.4, 0.5) is 0 Å². The number of nitrogens with zero attached hydrogens (tertiary/aromatic N) is 1. The van der Waals surface area contributed by atoms with E-state index < -0.39 is 5.41 Å². The molecule has 116 valence electrons. The Balaban J connectivity index is 2.26. The van der Waals surface area contributed by atoms with E-state index in [0.29, 0.717) is 19.0 Å². The minimum atomic E-state index is -0.439. The van der Waals surface area contributed by atoms with E-state index in [4.69, 9.17) is 4.74 Å². The first-order chi connectivity index (χ1) is 9.82. The van der Waals surface area contributed by atoms with Gasteiger partial charge in [0.25, 0.3) is 0 Å². The van der Waals surface area contributed by atoms with E-state index in [-0.39, 0.29) is 18.2 Å². The van der Waals surface area contributed by atoms with E-state index >= 15 is 0 Å². The fourth-order valence-electron chi connectivity index (χ4n) is 1.48. The van der Waals surface area contributed by atoms with Gasteiger partial charge in [-0.1, -0.05) is 26.8 Å². The largest absolute Gasteiger partial charge is 0.481 e. The maximum Gasteiger partial charge on any atom is 0.225 e. The summed E-state index contributed by atoms with van der Waals surface area (Å²) in [7, 11) is 1.55. The van der Waals surface area contributed by atoms with Crippen LogP contribution in [0.3, 0.4) is 0 Å². The molecule has 6 nitrogen and oxygen atoms in total. The third-order valence-corrected chi connectivity index (χ3v) is 2.82. The van der Waals surface area contributed by atoms with E-state index in [9.17, 15) is 9.59 Å². The molecule has 6 heteroatoms. The maximum atomic E-state index is 11.7. The molecular formula is C15H23N3O3. The second kappa shape index (κ2) is 7.61. The zero-order valence-electron chi connectivity index (χ0n) is 13.0. The maximum absolute atomic E-state index is 11.7. The molecule has 0 bridgehead atoms. The van der Waals surface area contributed by atoms with E-state index in [1.54, 1.807) is 19.4 Å². The minimum absolute atomic E-state index is 0.0605. The predicted octanol–water partition coefficient (Wildman–Crippen LogP) is 1.26. The molecule has 1 aromatic rings. The summed E-state index contributed by atoms with van der Waals surface area (Å²) in [6.07, 6.45) is 1.91. The number of hydrogen-bond donors (Lipinski definition) is 2. The quantitative estimate of drug-likeness (QED) is 0.827. The zero-order valence-corrected chi connectivity index (χ0v) is 13.0. The normalized spacial score (nSPS) is 10.9. The molecule has 1 heterocycles. The summed E-state index contributed by atoms with van der Waals surface area (Å²) in [4.78, 5) is 27.3. The lowest BCUT2D eigenvalue weighted by molar-refractivity contribution is -0.128. The Hall–Kier alpha value is -2.11. The Morgan fingerprint density at radius 1 is 1.24 bits per heavy atom. The molecule has 0 aliphatic carbocycles. The van der Waals surface area contributed by atoms with Crippen molar-refractivity contribution in [3.63, 3.8) is 0 Å². The van der Waals surface area contributed by atoms with Gasteiger partial charge in [-0.2, -0.15) is 0 Å². The van der Waals surface area contributed by atoms with Gasteiger partial charge in [0.2, 0.25) is 17.7 Å².